The van der Waals surface area contributed by atoms with Gasteiger partial charge in [-0.1, -0.05) is 29.8 Å². The van der Waals surface area contributed by atoms with Crippen LogP contribution in [0.2, 0.25) is 0 Å². The molecular weight excluding hydrogens is 344 g/mol. The third-order valence-corrected chi connectivity index (χ3v) is 6.01. The summed E-state index contributed by atoms with van der Waals surface area (Å²) in [7, 11) is 0. The van der Waals surface area contributed by atoms with Crippen molar-refractivity contribution in [3.05, 3.63) is 57.3 Å². The average molecular weight is 371 g/mol. The van der Waals surface area contributed by atoms with Gasteiger partial charge in [0.15, 0.2) is 0 Å². The SMILES string of the molecule is CC(=O)N(CC(=O)N1CCc2sccc2[C@H]1c1ccc(C)cc1)C(C)C. The number of amides is 2. The number of rotatable bonds is 4. The Morgan fingerprint density at radius 1 is 1.23 bits per heavy atom. The number of hydrogen-bond acceptors (Lipinski definition) is 3. The minimum atomic E-state index is -0.0703. The Kier molecular flexibility index (Phi) is 5.47. The molecule has 1 aromatic carbocycles. The Morgan fingerprint density at radius 3 is 2.54 bits per heavy atom. The van der Waals surface area contributed by atoms with Crippen molar-refractivity contribution in [2.45, 2.75) is 46.2 Å². The number of carbonyl (C=O) groups is 2. The van der Waals surface area contributed by atoms with E-state index in [1.165, 1.54) is 22.9 Å². The third kappa shape index (κ3) is 3.68. The van der Waals surface area contributed by atoms with Crippen LogP contribution in [0.5, 0.6) is 0 Å². The number of benzene rings is 1. The number of nitrogens with zero attached hydrogens (tertiary/aromatic N) is 2. The van der Waals surface area contributed by atoms with Crippen molar-refractivity contribution in [2.24, 2.45) is 0 Å². The van der Waals surface area contributed by atoms with Gasteiger partial charge in [-0.2, -0.15) is 0 Å². The van der Waals surface area contributed by atoms with Crippen LogP contribution in [0, 0.1) is 6.92 Å². The maximum absolute atomic E-state index is 13.1. The van der Waals surface area contributed by atoms with Crippen LogP contribution in [0.1, 0.15) is 48.4 Å². The van der Waals surface area contributed by atoms with E-state index in [0.29, 0.717) is 6.54 Å². The summed E-state index contributed by atoms with van der Waals surface area (Å²) in [5.74, 6) is -0.0511. The van der Waals surface area contributed by atoms with Crippen molar-refractivity contribution >= 4 is 23.2 Å². The summed E-state index contributed by atoms with van der Waals surface area (Å²) in [6, 6.07) is 10.5. The number of aryl methyl sites for hydroxylation is 1. The van der Waals surface area contributed by atoms with E-state index in [2.05, 4.69) is 42.6 Å². The summed E-state index contributed by atoms with van der Waals surface area (Å²) in [4.78, 5) is 30.0. The summed E-state index contributed by atoms with van der Waals surface area (Å²) in [6.45, 7) is 8.30. The molecule has 1 aromatic heterocycles. The summed E-state index contributed by atoms with van der Waals surface area (Å²) in [5, 5.41) is 2.11. The van der Waals surface area contributed by atoms with E-state index < -0.39 is 0 Å². The largest absolute Gasteiger partial charge is 0.331 e. The molecule has 1 atom stereocenters. The van der Waals surface area contributed by atoms with E-state index >= 15 is 0 Å². The predicted molar refractivity (Wildman–Crippen MR) is 105 cm³/mol. The minimum Gasteiger partial charge on any atom is -0.331 e. The number of hydrogen-bond donors (Lipinski definition) is 0. The molecule has 2 aromatic rings. The van der Waals surface area contributed by atoms with Crippen LogP contribution in [-0.4, -0.2) is 40.7 Å². The predicted octanol–water partition coefficient (Wildman–Crippen LogP) is 3.79. The molecule has 2 amide bonds. The van der Waals surface area contributed by atoms with Gasteiger partial charge in [-0.3, -0.25) is 9.59 Å². The summed E-state index contributed by atoms with van der Waals surface area (Å²) < 4.78 is 0. The molecule has 138 valence electrons. The molecule has 0 fully saturated rings. The van der Waals surface area contributed by atoms with Crippen LogP contribution >= 0.6 is 11.3 Å². The molecule has 0 saturated heterocycles. The van der Waals surface area contributed by atoms with Crippen LogP contribution < -0.4 is 0 Å². The molecule has 5 heteroatoms. The summed E-state index contributed by atoms with van der Waals surface area (Å²) in [5.41, 5.74) is 3.55. The van der Waals surface area contributed by atoms with Crippen LogP contribution in [-0.2, 0) is 16.0 Å². The Bertz CT molecular complexity index is 795. The van der Waals surface area contributed by atoms with Gasteiger partial charge >= 0.3 is 0 Å². The number of fused-ring (bicyclic) bond motifs is 1. The molecular formula is C21H26N2O2S. The second kappa shape index (κ2) is 7.62. The van der Waals surface area contributed by atoms with Gasteiger partial charge in [-0.05, 0) is 49.8 Å². The fourth-order valence-corrected chi connectivity index (χ4v) is 4.49. The Morgan fingerprint density at radius 2 is 1.92 bits per heavy atom. The zero-order valence-corrected chi connectivity index (χ0v) is 16.7. The lowest BCUT2D eigenvalue weighted by Crippen LogP contribution is -2.48. The first-order valence-corrected chi connectivity index (χ1v) is 9.96. The number of thiophene rings is 1. The van der Waals surface area contributed by atoms with E-state index in [-0.39, 0.29) is 30.4 Å². The maximum atomic E-state index is 13.1. The summed E-state index contributed by atoms with van der Waals surface area (Å²) in [6.07, 6.45) is 0.878. The van der Waals surface area contributed by atoms with Gasteiger partial charge < -0.3 is 9.80 Å². The van der Waals surface area contributed by atoms with E-state index in [1.807, 2.05) is 18.7 Å². The zero-order valence-electron chi connectivity index (χ0n) is 15.9. The van der Waals surface area contributed by atoms with Crippen molar-refractivity contribution in [3.8, 4) is 0 Å². The van der Waals surface area contributed by atoms with Crippen LogP contribution in [0.25, 0.3) is 0 Å². The van der Waals surface area contributed by atoms with Crippen LogP contribution in [0.3, 0.4) is 0 Å². The first kappa shape index (κ1) is 18.6. The minimum absolute atomic E-state index is 0.00998. The summed E-state index contributed by atoms with van der Waals surface area (Å²) >= 11 is 1.76. The van der Waals surface area contributed by atoms with Gasteiger partial charge in [0, 0.05) is 24.4 Å². The van der Waals surface area contributed by atoms with Gasteiger partial charge in [-0.25, -0.2) is 0 Å². The van der Waals surface area contributed by atoms with E-state index in [9.17, 15) is 9.59 Å². The maximum Gasteiger partial charge on any atom is 0.243 e. The lowest BCUT2D eigenvalue weighted by molar-refractivity contribution is -0.142. The van der Waals surface area contributed by atoms with E-state index in [1.54, 1.807) is 16.2 Å². The monoisotopic (exact) mass is 370 g/mol. The highest BCUT2D eigenvalue weighted by atomic mass is 32.1. The fraction of sp³-hybridized carbons (Fsp3) is 0.429. The van der Waals surface area contributed by atoms with Gasteiger partial charge in [0.1, 0.15) is 0 Å². The van der Waals surface area contributed by atoms with Gasteiger partial charge in [0.2, 0.25) is 11.8 Å². The van der Waals surface area contributed by atoms with E-state index in [4.69, 9.17) is 0 Å². The van der Waals surface area contributed by atoms with E-state index in [0.717, 1.165) is 12.0 Å². The second-order valence-electron chi connectivity index (χ2n) is 7.19. The Balaban J connectivity index is 1.93. The molecule has 0 radical (unpaired) electrons. The molecule has 1 aliphatic rings. The highest BCUT2D eigenvalue weighted by Crippen LogP contribution is 2.37. The van der Waals surface area contributed by atoms with Crippen LogP contribution in [0.4, 0.5) is 0 Å². The third-order valence-electron chi connectivity index (χ3n) is 5.01. The van der Waals surface area contributed by atoms with Crippen molar-refractivity contribution in [3.63, 3.8) is 0 Å². The molecule has 0 spiro atoms. The lowest BCUT2D eigenvalue weighted by Gasteiger charge is -2.38. The lowest BCUT2D eigenvalue weighted by atomic mass is 9.92. The van der Waals surface area contributed by atoms with Crippen LogP contribution in [0.15, 0.2) is 35.7 Å². The van der Waals surface area contributed by atoms with Crippen molar-refractivity contribution in [2.75, 3.05) is 13.1 Å². The highest BCUT2D eigenvalue weighted by molar-refractivity contribution is 7.10. The average Bonchev–Trinajstić information content (AvgIpc) is 3.07. The zero-order chi connectivity index (χ0) is 18.8. The Labute approximate surface area is 159 Å². The molecule has 0 N–H and O–H groups in total. The molecule has 3 rings (SSSR count). The first-order chi connectivity index (χ1) is 12.4. The molecule has 1 aliphatic heterocycles. The normalized spacial score (nSPS) is 16.5. The molecule has 0 saturated carbocycles. The molecule has 4 nitrogen and oxygen atoms in total. The topological polar surface area (TPSA) is 40.6 Å². The quantitative estimate of drug-likeness (QED) is 0.822. The van der Waals surface area contributed by atoms with Gasteiger partial charge in [0.25, 0.3) is 0 Å². The van der Waals surface area contributed by atoms with Gasteiger partial charge in [-0.15, -0.1) is 11.3 Å². The molecule has 0 aliphatic carbocycles. The molecule has 26 heavy (non-hydrogen) atoms. The van der Waals surface area contributed by atoms with Crippen molar-refractivity contribution in [1.82, 2.24) is 9.80 Å². The first-order valence-electron chi connectivity index (χ1n) is 9.08. The molecule has 0 bridgehead atoms. The Hall–Kier alpha value is -2.14. The van der Waals surface area contributed by atoms with Gasteiger partial charge in [0.05, 0.1) is 12.6 Å². The second-order valence-corrected chi connectivity index (χ2v) is 8.19. The molecule has 2 heterocycles. The standard InChI is InChI=1S/C21H26N2O2S/c1-14(2)23(16(4)24)13-20(25)22-11-9-19-18(10-12-26-19)21(22)17-7-5-15(3)6-8-17/h5-8,10,12,14,21H,9,11,13H2,1-4H3/t21-/m1/s1. The number of carbonyl (C=O) groups excluding carboxylic acids is 2. The molecule has 0 unspecified atom stereocenters. The van der Waals surface area contributed by atoms with Crippen molar-refractivity contribution < 1.29 is 9.59 Å². The fourth-order valence-electron chi connectivity index (χ4n) is 3.59. The smallest absolute Gasteiger partial charge is 0.243 e. The highest BCUT2D eigenvalue weighted by Gasteiger charge is 2.33. The van der Waals surface area contributed by atoms with Crippen molar-refractivity contribution in [1.29, 1.82) is 0 Å².